The van der Waals surface area contributed by atoms with Gasteiger partial charge in [-0.05, 0) is 56.0 Å². The molecule has 0 bridgehead atoms. The standard InChI is InChI=1S/C26H26F3N3O3S/c1-15-5-6-18(12-21(15)30-13-22(33)34)19-4-3-11-32(14-19)25(35)23-16(2)31-24(36-23)17-7-9-20(10-8-17)26(27,28)29/h5-10,12,19,30H,3-4,11,13-14H2,1-2H3,(H,33,34). The van der Waals surface area contributed by atoms with Gasteiger partial charge >= 0.3 is 12.1 Å². The topological polar surface area (TPSA) is 82.5 Å². The largest absolute Gasteiger partial charge is 0.480 e. The summed E-state index contributed by atoms with van der Waals surface area (Å²) in [6, 6.07) is 10.7. The van der Waals surface area contributed by atoms with Crippen LogP contribution in [0.3, 0.4) is 0 Å². The number of thiazole rings is 1. The van der Waals surface area contributed by atoms with Gasteiger partial charge in [0.25, 0.3) is 5.91 Å². The number of halogens is 3. The number of nitrogens with one attached hydrogen (secondary N) is 1. The minimum Gasteiger partial charge on any atom is -0.480 e. The number of aromatic nitrogens is 1. The number of carbonyl (C=O) groups is 2. The van der Waals surface area contributed by atoms with E-state index in [4.69, 9.17) is 5.11 Å². The molecule has 0 spiro atoms. The lowest BCUT2D eigenvalue weighted by atomic mass is 9.89. The van der Waals surface area contributed by atoms with Gasteiger partial charge in [0.1, 0.15) is 16.4 Å². The third-order valence-electron chi connectivity index (χ3n) is 6.32. The molecule has 1 unspecified atom stereocenters. The lowest BCUT2D eigenvalue weighted by molar-refractivity contribution is -0.137. The van der Waals surface area contributed by atoms with Crippen LogP contribution in [0.4, 0.5) is 18.9 Å². The summed E-state index contributed by atoms with van der Waals surface area (Å²) in [6.07, 6.45) is -2.68. The lowest BCUT2D eigenvalue weighted by Gasteiger charge is -2.33. The van der Waals surface area contributed by atoms with Crippen LogP contribution in [0.2, 0.25) is 0 Å². The van der Waals surface area contributed by atoms with Gasteiger partial charge in [-0.3, -0.25) is 9.59 Å². The van der Waals surface area contributed by atoms with Gasteiger partial charge in [0.05, 0.1) is 11.3 Å². The highest BCUT2D eigenvalue weighted by Crippen LogP contribution is 2.35. The normalized spacial score (nSPS) is 16.1. The van der Waals surface area contributed by atoms with Gasteiger partial charge in [0.15, 0.2) is 0 Å². The Morgan fingerprint density at radius 3 is 2.56 bits per heavy atom. The monoisotopic (exact) mass is 517 g/mol. The number of aryl methyl sites for hydroxylation is 2. The van der Waals surface area contributed by atoms with Crippen molar-refractivity contribution in [2.45, 2.75) is 38.8 Å². The number of carbonyl (C=O) groups excluding carboxylic acids is 1. The van der Waals surface area contributed by atoms with Gasteiger partial charge in [0, 0.05) is 30.3 Å². The smallest absolute Gasteiger partial charge is 0.416 e. The molecule has 1 saturated heterocycles. The van der Waals surface area contributed by atoms with E-state index >= 15 is 0 Å². The maximum Gasteiger partial charge on any atom is 0.416 e. The van der Waals surface area contributed by atoms with Crippen LogP contribution in [0.15, 0.2) is 42.5 Å². The first kappa shape index (κ1) is 25.7. The Kier molecular flexibility index (Phi) is 7.35. The number of aliphatic carboxylic acids is 1. The van der Waals surface area contributed by atoms with E-state index in [9.17, 15) is 22.8 Å². The fraction of sp³-hybridized carbons (Fsp3) is 0.346. The fourth-order valence-electron chi connectivity index (χ4n) is 4.35. The Bertz CT molecular complexity index is 1270. The number of likely N-dealkylation sites (tertiary alicyclic amines) is 1. The number of carboxylic acid groups (broad SMARTS) is 1. The van der Waals surface area contributed by atoms with Crippen molar-refractivity contribution >= 4 is 28.9 Å². The van der Waals surface area contributed by atoms with E-state index in [-0.39, 0.29) is 18.4 Å². The quantitative estimate of drug-likeness (QED) is 0.422. The van der Waals surface area contributed by atoms with Crippen molar-refractivity contribution in [2.75, 3.05) is 25.0 Å². The average molecular weight is 518 g/mol. The van der Waals surface area contributed by atoms with Crippen molar-refractivity contribution in [1.29, 1.82) is 0 Å². The third-order valence-corrected chi connectivity index (χ3v) is 7.52. The van der Waals surface area contributed by atoms with Crippen molar-refractivity contribution in [3.05, 3.63) is 69.7 Å². The number of benzene rings is 2. The van der Waals surface area contributed by atoms with E-state index in [1.807, 2.05) is 25.1 Å². The first-order chi connectivity index (χ1) is 17.0. The average Bonchev–Trinajstić information content (AvgIpc) is 3.24. The second-order valence-electron chi connectivity index (χ2n) is 8.92. The molecule has 10 heteroatoms. The Morgan fingerprint density at radius 2 is 1.89 bits per heavy atom. The van der Waals surface area contributed by atoms with Crippen LogP contribution in [0.5, 0.6) is 0 Å². The van der Waals surface area contributed by atoms with Gasteiger partial charge in [-0.2, -0.15) is 13.2 Å². The molecule has 1 aromatic heterocycles. The summed E-state index contributed by atoms with van der Waals surface area (Å²) in [7, 11) is 0. The van der Waals surface area contributed by atoms with E-state index in [1.54, 1.807) is 11.8 Å². The number of nitrogens with zero attached hydrogens (tertiary/aromatic N) is 2. The number of piperidine rings is 1. The number of amides is 1. The molecule has 1 fully saturated rings. The van der Waals surface area contributed by atoms with Crippen LogP contribution in [-0.4, -0.2) is 46.5 Å². The van der Waals surface area contributed by atoms with Crippen LogP contribution in [0.1, 0.15) is 50.8 Å². The maximum atomic E-state index is 13.4. The summed E-state index contributed by atoms with van der Waals surface area (Å²) >= 11 is 1.19. The second-order valence-corrected chi connectivity index (χ2v) is 9.92. The Hall–Kier alpha value is -3.40. The summed E-state index contributed by atoms with van der Waals surface area (Å²) in [6.45, 7) is 4.60. The van der Waals surface area contributed by atoms with Crippen LogP contribution in [0, 0.1) is 13.8 Å². The highest BCUT2D eigenvalue weighted by atomic mass is 32.1. The van der Waals surface area contributed by atoms with E-state index in [1.165, 1.54) is 23.5 Å². The van der Waals surface area contributed by atoms with Gasteiger partial charge in [-0.15, -0.1) is 11.3 Å². The molecule has 3 aromatic rings. The highest BCUT2D eigenvalue weighted by Gasteiger charge is 2.31. The van der Waals surface area contributed by atoms with E-state index in [2.05, 4.69) is 10.3 Å². The third kappa shape index (κ3) is 5.70. The van der Waals surface area contributed by atoms with E-state index in [0.717, 1.165) is 41.8 Å². The molecule has 0 saturated carbocycles. The first-order valence-corrected chi connectivity index (χ1v) is 12.3. The van der Waals surface area contributed by atoms with Crippen molar-refractivity contribution in [2.24, 2.45) is 0 Å². The molecule has 1 aliphatic heterocycles. The number of rotatable bonds is 6. The molecule has 1 aliphatic rings. The zero-order valence-corrected chi connectivity index (χ0v) is 20.7. The van der Waals surface area contributed by atoms with Crippen molar-refractivity contribution in [3.63, 3.8) is 0 Å². The summed E-state index contributed by atoms with van der Waals surface area (Å²) in [5.74, 6) is -0.967. The molecule has 1 amide bonds. The zero-order valence-electron chi connectivity index (χ0n) is 19.9. The SMILES string of the molecule is Cc1ccc(C2CCCN(C(=O)c3sc(-c4ccc(C(F)(F)F)cc4)nc3C)C2)cc1NCC(=O)O. The molecule has 0 radical (unpaired) electrons. The summed E-state index contributed by atoms with van der Waals surface area (Å²) in [4.78, 5) is 31.1. The molecule has 0 aliphatic carbocycles. The van der Waals surface area contributed by atoms with Crippen LogP contribution in [-0.2, 0) is 11.0 Å². The van der Waals surface area contributed by atoms with Crippen molar-refractivity contribution in [1.82, 2.24) is 9.88 Å². The molecule has 2 heterocycles. The summed E-state index contributed by atoms with van der Waals surface area (Å²) in [5.41, 5.74) is 3.10. The zero-order chi connectivity index (χ0) is 26.0. The predicted octanol–water partition coefficient (Wildman–Crippen LogP) is 5.96. The molecule has 1 atom stereocenters. The van der Waals surface area contributed by atoms with Crippen molar-refractivity contribution < 1.29 is 27.9 Å². The predicted molar refractivity (Wildman–Crippen MR) is 132 cm³/mol. The number of anilines is 1. The molecule has 190 valence electrons. The van der Waals surface area contributed by atoms with Crippen LogP contribution >= 0.6 is 11.3 Å². The molecule has 4 rings (SSSR count). The second kappa shape index (κ2) is 10.3. The Balaban J connectivity index is 1.50. The summed E-state index contributed by atoms with van der Waals surface area (Å²) < 4.78 is 38.6. The minimum atomic E-state index is -4.41. The fourth-order valence-corrected chi connectivity index (χ4v) is 5.39. The highest BCUT2D eigenvalue weighted by molar-refractivity contribution is 7.17. The minimum absolute atomic E-state index is 0.108. The maximum absolute atomic E-state index is 13.4. The number of carboxylic acids is 1. The van der Waals surface area contributed by atoms with Gasteiger partial charge in [-0.25, -0.2) is 4.98 Å². The lowest BCUT2D eigenvalue weighted by Crippen LogP contribution is -2.39. The van der Waals surface area contributed by atoms with Gasteiger partial charge in [-0.1, -0.05) is 24.3 Å². The van der Waals surface area contributed by atoms with E-state index in [0.29, 0.717) is 34.2 Å². The first-order valence-electron chi connectivity index (χ1n) is 11.5. The van der Waals surface area contributed by atoms with E-state index < -0.39 is 17.7 Å². The molecule has 2 N–H and O–H groups in total. The van der Waals surface area contributed by atoms with Gasteiger partial charge < -0.3 is 15.3 Å². The Labute approximate surface area is 210 Å². The molecular weight excluding hydrogens is 491 g/mol. The number of alkyl halides is 3. The number of hydrogen-bond donors (Lipinski definition) is 2. The molecule has 36 heavy (non-hydrogen) atoms. The molecular formula is C26H26F3N3O3S. The van der Waals surface area contributed by atoms with Crippen LogP contribution in [0.25, 0.3) is 10.6 Å². The number of hydrogen-bond acceptors (Lipinski definition) is 5. The Morgan fingerprint density at radius 1 is 1.17 bits per heavy atom. The summed E-state index contributed by atoms with van der Waals surface area (Å²) in [5, 5.41) is 12.4. The van der Waals surface area contributed by atoms with Gasteiger partial charge in [0.2, 0.25) is 0 Å². The molecule has 2 aromatic carbocycles. The van der Waals surface area contributed by atoms with Crippen LogP contribution < -0.4 is 5.32 Å². The van der Waals surface area contributed by atoms with Crippen molar-refractivity contribution in [3.8, 4) is 10.6 Å². The molecule has 6 nitrogen and oxygen atoms in total.